The van der Waals surface area contributed by atoms with E-state index in [1.807, 2.05) is 25.1 Å². The molecule has 1 heterocycles. The monoisotopic (exact) mass is 281 g/mol. The molecule has 3 heteroatoms. The van der Waals surface area contributed by atoms with Crippen molar-refractivity contribution in [1.82, 2.24) is 4.90 Å². The summed E-state index contributed by atoms with van der Waals surface area (Å²) < 4.78 is 0. The summed E-state index contributed by atoms with van der Waals surface area (Å²) in [6.07, 6.45) is 1.94. The van der Waals surface area contributed by atoms with E-state index >= 15 is 0 Å². The Morgan fingerprint density at radius 3 is 2.76 bits per heavy atom. The van der Waals surface area contributed by atoms with Crippen LogP contribution in [0.2, 0.25) is 0 Å². The Morgan fingerprint density at radius 1 is 1.14 bits per heavy atom. The summed E-state index contributed by atoms with van der Waals surface area (Å²) in [5, 5.41) is 20.1. The van der Waals surface area contributed by atoms with Gasteiger partial charge in [-0.3, -0.25) is 4.90 Å². The topological polar surface area (TPSA) is 43.7 Å². The molecule has 2 aromatic rings. The molecule has 2 aromatic carbocycles. The molecule has 0 bridgehead atoms. The molecule has 0 radical (unpaired) electrons. The highest BCUT2D eigenvalue weighted by Gasteiger charge is 2.34. The fourth-order valence-corrected chi connectivity index (χ4v) is 3.94. The van der Waals surface area contributed by atoms with E-state index < -0.39 is 0 Å². The van der Waals surface area contributed by atoms with Crippen LogP contribution >= 0.6 is 0 Å². The van der Waals surface area contributed by atoms with Crippen LogP contribution in [0.25, 0.3) is 11.1 Å². The van der Waals surface area contributed by atoms with Gasteiger partial charge in [-0.1, -0.05) is 6.07 Å². The third kappa shape index (κ3) is 1.70. The van der Waals surface area contributed by atoms with Crippen LogP contribution in [0.1, 0.15) is 28.3 Å². The highest BCUT2D eigenvalue weighted by Crippen LogP contribution is 2.48. The normalized spacial score (nSPS) is 20.0. The van der Waals surface area contributed by atoms with Gasteiger partial charge in [0.2, 0.25) is 0 Å². The molecule has 21 heavy (non-hydrogen) atoms. The van der Waals surface area contributed by atoms with Crippen LogP contribution in [-0.2, 0) is 12.8 Å². The Bertz CT molecular complexity index is 751. The average Bonchev–Trinajstić information content (AvgIpc) is 2.46. The maximum Gasteiger partial charge on any atom is 0.119 e. The molecule has 1 atom stereocenters. The molecule has 0 spiro atoms. The van der Waals surface area contributed by atoms with Crippen molar-refractivity contribution in [3.8, 4) is 22.6 Å². The first-order valence-electron chi connectivity index (χ1n) is 7.44. The number of nitrogens with zero attached hydrogens (tertiary/aromatic N) is 1. The van der Waals surface area contributed by atoms with Crippen LogP contribution in [0.5, 0.6) is 11.5 Å². The molecule has 3 nitrogen and oxygen atoms in total. The van der Waals surface area contributed by atoms with Crippen molar-refractivity contribution in [3.05, 3.63) is 46.5 Å². The van der Waals surface area contributed by atoms with Gasteiger partial charge < -0.3 is 10.2 Å². The molecule has 108 valence electrons. The lowest BCUT2D eigenvalue weighted by molar-refractivity contribution is 0.228. The largest absolute Gasteiger partial charge is 0.508 e. The minimum atomic E-state index is 0.322. The number of rotatable bonds is 0. The highest BCUT2D eigenvalue weighted by molar-refractivity contribution is 5.80. The van der Waals surface area contributed by atoms with E-state index in [0.29, 0.717) is 17.5 Å². The summed E-state index contributed by atoms with van der Waals surface area (Å²) in [6.45, 7) is 2.98. The predicted octanol–water partition coefficient (Wildman–Crippen LogP) is 3.16. The van der Waals surface area contributed by atoms with Gasteiger partial charge in [0.05, 0.1) is 0 Å². The summed E-state index contributed by atoms with van der Waals surface area (Å²) >= 11 is 0. The minimum Gasteiger partial charge on any atom is -0.508 e. The molecule has 1 aliphatic heterocycles. The maximum absolute atomic E-state index is 10.1. The van der Waals surface area contributed by atoms with Crippen LogP contribution in [0.15, 0.2) is 24.3 Å². The minimum absolute atomic E-state index is 0.322. The quantitative estimate of drug-likeness (QED) is 0.779. The van der Waals surface area contributed by atoms with Gasteiger partial charge in [-0.05, 0) is 78.4 Å². The summed E-state index contributed by atoms with van der Waals surface area (Å²) in [5.74, 6) is 0.649. The first kappa shape index (κ1) is 12.7. The molecule has 0 fully saturated rings. The van der Waals surface area contributed by atoms with Crippen molar-refractivity contribution < 1.29 is 10.2 Å². The third-order valence-electron chi connectivity index (χ3n) is 5.05. The van der Waals surface area contributed by atoms with Gasteiger partial charge in [-0.2, -0.15) is 0 Å². The van der Waals surface area contributed by atoms with E-state index in [-0.39, 0.29) is 0 Å². The first-order valence-corrected chi connectivity index (χ1v) is 7.44. The zero-order valence-corrected chi connectivity index (χ0v) is 12.3. The van der Waals surface area contributed by atoms with Gasteiger partial charge in [0, 0.05) is 12.6 Å². The van der Waals surface area contributed by atoms with Gasteiger partial charge in [0.1, 0.15) is 11.5 Å². The Labute approximate surface area is 124 Å². The zero-order chi connectivity index (χ0) is 14.7. The summed E-state index contributed by atoms with van der Waals surface area (Å²) in [4.78, 5) is 2.40. The van der Waals surface area contributed by atoms with Crippen molar-refractivity contribution in [2.75, 3.05) is 13.6 Å². The van der Waals surface area contributed by atoms with Gasteiger partial charge >= 0.3 is 0 Å². The predicted molar refractivity (Wildman–Crippen MR) is 82.7 cm³/mol. The molecule has 4 rings (SSSR count). The molecular formula is C18H19NO2. The van der Waals surface area contributed by atoms with Crippen LogP contribution in [0.4, 0.5) is 0 Å². The standard InChI is InChI=1S/C18H19NO2/c1-10-16(21)4-3-11-8-15-18-12(5-6-19(15)2)7-13(20)9-14(18)17(10)11/h3-4,7,9,15,20-21H,5-6,8H2,1-2H3/t15-/m0/s1. The second kappa shape index (κ2) is 4.25. The van der Waals surface area contributed by atoms with Gasteiger partial charge in [0.15, 0.2) is 0 Å². The van der Waals surface area contributed by atoms with Crippen molar-refractivity contribution in [2.45, 2.75) is 25.8 Å². The summed E-state index contributed by atoms with van der Waals surface area (Å²) in [7, 11) is 2.17. The number of hydrogen-bond donors (Lipinski definition) is 2. The molecule has 0 unspecified atom stereocenters. The third-order valence-corrected chi connectivity index (χ3v) is 5.05. The lowest BCUT2D eigenvalue weighted by atomic mass is 9.76. The maximum atomic E-state index is 10.1. The number of benzene rings is 2. The van der Waals surface area contributed by atoms with E-state index in [2.05, 4.69) is 11.9 Å². The SMILES string of the molecule is Cc1c(O)ccc2c1-c1cc(O)cc3c1[C@H](C2)N(C)CC3. The number of hydrogen-bond acceptors (Lipinski definition) is 3. The van der Waals surface area contributed by atoms with Crippen molar-refractivity contribution in [2.24, 2.45) is 0 Å². The number of phenolic OH excluding ortho intramolecular Hbond substituents is 2. The lowest BCUT2D eigenvalue weighted by Gasteiger charge is -2.40. The Hall–Kier alpha value is -2.00. The molecule has 0 saturated carbocycles. The Balaban J connectivity index is 2.08. The van der Waals surface area contributed by atoms with Crippen LogP contribution < -0.4 is 0 Å². The first-order chi connectivity index (χ1) is 10.1. The Morgan fingerprint density at radius 2 is 1.95 bits per heavy atom. The van der Waals surface area contributed by atoms with Crippen molar-refractivity contribution in [1.29, 1.82) is 0 Å². The van der Waals surface area contributed by atoms with Crippen molar-refractivity contribution in [3.63, 3.8) is 0 Å². The van der Waals surface area contributed by atoms with E-state index in [1.165, 1.54) is 16.7 Å². The number of likely N-dealkylation sites (N-methyl/N-ethyl adjacent to an activating group) is 1. The molecule has 2 N–H and O–H groups in total. The molecular weight excluding hydrogens is 262 g/mol. The van der Waals surface area contributed by atoms with Crippen molar-refractivity contribution >= 4 is 0 Å². The Kier molecular flexibility index (Phi) is 2.57. The van der Waals surface area contributed by atoms with Gasteiger partial charge in [-0.15, -0.1) is 0 Å². The second-order valence-corrected chi connectivity index (χ2v) is 6.26. The average molecular weight is 281 g/mol. The van der Waals surface area contributed by atoms with E-state index in [4.69, 9.17) is 0 Å². The number of aromatic hydroxyl groups is 2. The van der Waals surface area contributed by atoms with Crippen LogP contribution in [-0.4, -0.2) is 28.7 Å². The van der Waals surface area contributed by atoms with E-state index in [0.717, 1.165) is 36.1 Å². The molecule has 0 aromatic heterocycles. The molecule has 0 amide bonds. The van der Waals surface area contributed by atoms with Crippen LogP contribution in [0, 0.1) is 6.92 Å². The highest BCUT2D eigenvalue weighted by atomic mass is 16.3. The fraction of sp³-hybridized carbons (Fsp3) is 0.333. The smallest absolute Gasteiger partial charge is 0.119 e. The fourth-order valence-electron chi connectivity index (χ4n) is 3.94. The van der Waals surface area contributed by atoms with E-state index in [1.54, 1.807) is 6.07 Å². The number of fused-ring (bicyclic) bond motifs is 2. The second-order valence-electron chi connectivity index (χ2n) is 6.26. The molecule has 1 aliphatic carbocycles. The zero-order valence-electron chi connectivity index (χ0n) is 12.3. The summed E-state index contributed by atoms with van der Waals surface area (Å²) in [6, 6.07) is 7.94. The number of phenols is 2. The summed E-state index contributed by atoms with van der Waals surface area (Å²) in [5.41, 5.74) is 6.95. The molecule has 2 aliphatic rings. The van der Waals surface area contributed by atoms with E-state index in [9.17, 15) is 10.2 Å². The lowest BCUT2D eigenvalue weighted by Crippen LogP contribution is -2.35. The van der Waals surface area contributed by atoms with Gasteiger partial charge in [0.25, 0.3) is 0 Å². The molecule has 0 saturated heterocycles. The van der Waals surface area contributed by atoms with Gasteiger partial charge in [-0.25, -0.2) is 0 Å². The van der Waals surface area contributed by atoms with Crippen LogP contribution in [0.3, 0.4) is 0 Å².